The van der Waals surface area contributed by atoms with Crippen LogP contribution in [0.25, 0.3) is 0 Å². The third kappa shape index (κ3) is 5.47. The van der Waals surface area contributed by atoms with Gasteiger partial charge in [-0.2, -0.15) is 0 Å². The lowest BCUT2D eigenvalue weighted by Crippen LogP contribution is -2.08. The molecule has 76 valence electrons. The molecular weight excluding hydrogens is 300 g/mol. The molecule has 0 bridgehead atoms. The molecule has 0 spiro atoms. The number of unbranched alkanes of at least 4 members (excludes halogenated alkanes) is 1. The molecule has 0 fully saturated rings. The van der Waals surface area contributed by atoms with Gasteiger partial charge in [0, 0.05) is 0 Å². The summed E-state index contributed by atoms with van der Waals surface area (Å²) >= 11 is 6.47. The Kier molecular flexibility index (Phi) is 7.66. The average Bonchev–Trinajstić information content (AvgIpc) is 2.05. The fourth-order valence-electron chi connectivity index (χ4n) is 0.845. The van der Waals surface area contributed by atoms with Crippen LogP contribution in [0.3, 0.4) is 0 Å². The lowest BCUT2D eigenvalue weighted by molar-refractivity contribution is -0.138. The fraction of sp³-hybridized carbons (Fsp3) is 0.667. The monoisotopic (exact) mass is 312 g/mol. The maximum atomic E-state index is 11.4. The Morgan fingerprint density at radius 3 is 2.31 bits per heavy atom. The quantitative estimate of drug-likeness (QED) is 0.571. The highest BCUT2D eigenvalue weighted by Crippen LogP contribution is 2.24. The van der Waals surface area contributed by atoms with E-state index in [1.165, 1.54) is 0 Å². The van der Waals surface area contributed by atoms with Crippen molar-refractivity contribution in [2.45, 2.75) is 33.1 Å². The number of hydrogen-bond donors (Lipinski definition) is 0. The molecule has 0 saturated carbocycles. The second-order valence-corrected chi connectivity index (χ2v) is 5.21. The van der Waals surface area contributed by atoms with Crippen LogP contribution in [0.15, 0.2) is 8.96 Å². The molecule has 0 heterocycles. The summed E-state index contributed by atoms with van der Waals surface area (Å²) in [5.41, 5.74) is 0.684. The molecule has 2 nitrogen and oxygen atoms in total. The van der Waals surface area contributed by atoms with E-state index in [4.69, 9.17) is 4.74 Å². The van der Waals surface area contributed by atoms with E-state index < -0.39 is 0 Å². The largest absolute Gasteiger partial charge is 0.463 e. The van der Waals surface area contributed by atoms with Crippen molar-refractivity contribution in [3.8, 4) is 0 Å². The summed E-state index contributed by atoms with van der Waals surface area (Å²) in [6, 6.07) is 0. The normalized spacial score (nSPS) is 9.54. The Morgan fingerprint density at radius 1 is 1.31 bits per heavy atom. The van der Waals surface area contributed by atoms with Crippen LogP contribution in [0.1, 0.15) is 33.1 Å². The maximum Gasteiger partial charge on any atom is 0.335 e. The molecule has 0 aromatic carbocycles. The summed E-state index contributed by atoms with van der Waals surface area (Å²) < 4.78 is 5.61. The van der Waals surface area contributed by atoms with E-state index in [2.05, 4.69) is 38.8 Å². The standard InChI is InChI=1S/C9H14Br2O2/c1-3-5-6-7(8(10)11)9(12)13-4-2/h3-6H2,1-2H3. The van der Waals surface area contributed by atoms with Gasteiger partial charge in [0.15, 0.2) is 0 Å². The lowest BCUT2D eigenvalue weighted by atomic mass is 10.1. The van der Waals surface area contributed by atoms with Gasteiger partial charge >= 0.3 is 5.97 Å². The number of carbonyl (C=O) groups excluding carboxylic acids is 1. The first-order valence-electron chi connectivity index (χ1n) is 4.34. The molecule has 0 saturated heterocycles. The number of esters is 1. The highest BCUT2D eigenvalue weighted by Gasteiger charge is 2.12. The number of carbonyl (C=O) groups is 1. The van der Waals surface area contributed by atoms with Gasteiger partial charge in [-0.15, -0.1) is 0 Å². The summed E-state index contributed by atoms with van der Waals surface area (Å²) in [7, 11) is 0. The van der Waals surface area contributed by atoms with Crippen LogP contribution in [0.5, 0.6) is 0 Å². The van der Waals surface area contributed by atoms with Gasteiger partial charge in [0.1, 0.15) is 0 Å². The summed E-state index contributed by atoms with van der Waals surface area (Å²) in [4.78, 5) is 11.4. The Morgan fingerprint density at radius 2 is 1.92 bits per heavy atom. The van der Waals surface area contributed by atoms with E-state index in [-0.39, 0.29) is 5.97 Å². The molecule has 13 heavy (non-hydrogen) atoms. The molecule has 0 aromatic heterocycles. The minimum atomic E-state index is -0.236. The Labute approximate surface area is 96.0 Å². The molecule has 4 heteroatoms. The Hall–Kier alpha value is 0.170. The van der Waals surface area contributed by atoms with Gasteiger partial charge in [0.25, 0.3) is 0 Å². The zero-order chi connectivity index (χ0) is 10.3. The molecule has 0 radical (unpaired) electrons. The molecule has 0 N–H and O–H groups in total. The molecule has 0 aliphatic rings. The number of rotatable bonds is 5. The second-order valence-electron chi connectivity index (χ2n) is 2.56. The first-order chi connectivity index (χ1) is 6.13. The SMILES string of the molecule is CCCCC(C(=O)OCC)=C(Br)Br. The van der Waals surface area contributed by atoms with Gasteiger partial charge in [-0.05, 0) is 51.6 Å². The van der Waals surface area contributed by atoms with Gasteiger partial charge in [-0.25, -0.2) is 4.79 Å². The van der Waals surface area contributed by atoms with Gasteiger partial charge < -0.3 is 4.74 Å². The minimum Gasteiger partial charge on any atom is -0.463 e. The number of hydrogen-bond acceptors (Lipinski definition) is 2. The van der Waals surface area contributed by atoms with Crippen LogP contribution >= 0.6 is 31.9 Å². The van der Waals surface area contributed by atoms with Crippen LogP contribution in [-0.4, -0.2) is 12.6 Å². The van der Waals surface area contributed by atoms with Crippen molar-refractivity contribution in [1.82, 2.24) is 0 Å². The van der Waals surface area contributed by atoms with Gasteiger partial charge in [0.2, 0.25) is 0 Å². The van der Waals surface area contributed by atoms with Gasteiger partial charge in [-0.1, -0.05) is 13.3 Å². The highest BCUT2D eigenvalue weighted by molar-refractivity contribution is 9.28. The van der Waals surface area contributed by atoms with E-state index in [1.807, 2.05) is 0 Å². The zero-order valence-electron chi connectivity index (χ0n) is 7.90. The molecule has 0 amide bonds. The number of ether oxygens (including phenoxy) is 1. The van der Waals surface area contributed by atoms with Crippen molar-refractivity contribution in [3.63, 3.8) is 0 Å². The predicted molar refractivity (Wildman–Crippen MR) is 61.0 cm³/mol. The third-order valence-corrected chi connectivity index (χ3v) is 2.49. The molecule has 0 aliphatic carbocycles. The van der Waals surface area contributed by atoms with E-state index in [1.54, 1.807) is 6.92 Å². The van der Waals surface area contributed by atoms with E-state index in [9.17, 15) is 4.79 Å². The van der Waals surface area contributed by atoms with Crippen molar-refractivity contribution in [2.75, 3.05) is 6.61 Å². The summed E-state index contributed by atoms with van der Waals surface area (Å²) in [5.74, 6) is -0.236. The van der Waals surface area contributed by atoms with Crippen molar-refractivity contribution < 1.29 is 9.53 Å². The first-order valence-corrected chi connectivity index (χ1v) is 5.93. The van der Waals surface area contributed by atoms with E-state index in [0.717, 1.165) is 19.3 Å². The second kappa shape index (κ2) is 7.56. The van der Waals surface area contributed by atoms with Crippen LogP contribution in [0.4, 0.5) is 0 Å². The molecule has 0 aliphatic heterocycles. The summed E-state index contributed by atoms with van der Waals surface area (Å²) in [5, 5.41) is 0. The predicted octanol–water partition coefficient (Wildman–Crippen LogP) is 3.74. The highest BCUT2D eigenvalue weighted by atomic mass is 79.9. The molecular formula is C9H14Br2O2. The van der Waals surface area contributed by atoms with Crippen LogP contribution in [0.2, 0.25) is 0 Å². The minimum absolute atomic E-state index is 0.236. The van der Waals surface area contributed by atoms with Crippen molar-refractivity contribution in [1.29, 1.82) is 0 Å². The van der Waals surface area contributed by atoms with Gasteiger partial charge in [-0.3, -0.25) is 0 Å². The summed E-state index contributed by atoms with van der Waals surface area (Å²) in [6.07, 6.45) is 2.81. The molecule has 0 aromatic rings. The van der Waals surface area contributed by atoms with Crippen molar-refractivity contribution >= 4 is 37.8 Å². The fourth-order valence-corrected chi connectivity index (χ4v) is 1.57. The summed E-state index contributed by atoms with van der Waals surface area (Å²) in [6.45, 7) is 4.31. The van der Waals surface area contributed by atoms with Crippen molar-refractivity contribution in [3.05, 3.63) is 8.96 Å². The third-order valence-electron chi connectivity index (χ3n) is 1.53. The van der Waals surface area contributed by atoms with E-state index in [0.29, 0.717) is 15.6 Å². The lowest BCUT2D eigenvalue weighted by Gasteiger charge is -2.06. The van der Waals surface area contributed by atoms with Crippen molar-refractivity contribution in [2.24, 2.45) is 0 Å². The number of halogens is 2. The first kappa shape index (κ1) is 13.2. The maximum absolute atomic E-state index is 11.4. The Bertz CT molecular complexity index is 196. The van der Waals surface area contributed by atoms with Crippen LogP contribution in [0, 0.1) is 0 Å². The molecule has 0 atom stereocenters. The smallest absolute Gasteiger partial charge is 0.335 e. The zero-order valence-corrected chi connectivity index (χ0v) is 11.1. The van der Waals surface area contributed by atoms with Crippen LogP contribution in [-0.2, 0) is 9.53 Å². The Balaban J connectivity index is 4.27. The molecule has 0 rings (SSSR count). The van der Waals surface area contributed by atoms with Gasteiger partial charge in [0.05, 0.1) is 15.6 Å². The molecule has 0 unspecified atom stereocenters. The van der Waals surface area contributed by atoms with E-state index >= 15 is 0 Å². The topological polar surface area (TPSA) is 26.3 Å². The average molecular weight is 314 g/mol. The van der Waals surface area contributed by atoms with Crippen LogP contribution < -0.4 is 0 Å².